The zero-order chi connectivity index (χ0) is 13.5. The summed E-state index contributed by atoms with van der Waals surface area (Å²) in [5, 5.41) is 3.60. The van der Waals surface area contributed by atoms with Gasteiger partial charge in [-0.2, -0.15) is 0 Å². The molecule has 2 nitrogen and oxygen atoms in total. The summed E-state index contributed by atoms with van der Waals surface area (Å²) in [4.78, 5) is 0. The first-order chi connectivity index (χ1) is 8.58. The summed E-state index contributed by atoms with van der Waals surface area (Å²) >= 11 is 0. The molecule has 0 spiro atoms. The molecule has 0 fully saturated rings. The lowest BCUT2D eigenvalue weighted by molar-refractivity contribution is 0.213. The highest BCUT2D eigenvalue weighted by Gasteiger charge is 2.14. The summed E-state index contributed by atoms with van der Waals surface area (Å²) < 4.78 is 5.99. The van der Waals surface area contributed by atoms with Crippen molar-refractivity contribution in [3.63, 3.8) is 0 Å². The van der Waals surface area contributed by atoms with Gasteiger partial charge in [-0.05, 0) is 39.7 Å². The van der Waals surface area contributed by atoms with Gasteiger partial charge in [0.1, 0.15) is 5.75 Å². The molecule has 1 aromatic rings. The van der Waals surface area contributed by atoms with Crippen LogP contribution in [0, 0.1) is 0 Å². The molecule has 0 unspecified atom stereocenters. The van der Waals surface area contributed by atoms with Crippen LogP contribution in [0.1, 0.15) is 59.1 Å². The van der Waals surface area contributed by atoms with Crippen LogP contribution in [0.25, 0.3) is 0 Å². The van der Waals surface area contributed by atoms with Gasteiger partial charge in [0.05, 0.1) is 6.10 Å². The quantitative estimate of drug-likeness (QED) is 0.777. The molecule has 1 aromatic carbocycles. The molecule has 1 N–H and O–H groups in total. The largest absolute Gasteiger partial charge is 0.490 e. The molecule has 0 aliphatic heterocycles. The standard InChI is InChI=1S/C16H27NO/c1-6-12(3)17-14(5)15-10-8-9-11-16(15)18-13(4)7-2/h8-14,17H,6-7H2,1-5H3/t12-,13+,14-/m0/s1. The van der Waals surface area contributed by atoms with Crippen LogP contribution in [0.2, 0.25) is 0 Å². The molecule has 0 aliphatic rings. The summed E-state index contributed by atoms with van der Waals surface area (Å²) in [6, 6.07) is 9.18. The summed E-state index contributed by atoms with van der Waals surface area (Å²) in [6.45, 7) is 10.9. The van der Waals surface area contributed by atoms with E-state index in [9.17, 15) is 0 Å². The SMILES string of the molecule is CC[C@@H](C)Oc1ccccc1[C@H](C)N[C@@H](C)CC. The second kappa shape index (κ2) is 7.42. The Hall–Kier alpha value is -1.02. The number of para-hydroxylation sites is 1. The summed E-state index contributed by atoms with van der Waals surface area (Å²) in [6.07, 6.45) is 2.43. The van der Waals surface area contributed by atoms with E-state index < -0.39 is 0 Å². The Morgan fingerprint density at radius 3 is 2.33 bits per heavy atom. The van der Waals surface area contributed by atoms with Crippen molar-refractivity contribution in [1.82, 2.24) is 5.32 Å². The normalized spacial score (nSPS) is 16.1. The van der Waals surface area contributed by atoms with E-state index in [4.69, 9.17) is 4.74 Å². The maximum atomic E-state index is 5.99. The van der Waals surface area contributed by atoms with Crippen molar-refractivity contribution in [3.05, 3.63) is 29.8 Å². The van der Waals surface area contributed by atoms with Crippen molar-refractivity contribution in [1.29, 1.82) is 0 Å². The Bertz CT molecular complexity index is 351. The molecule has 3 atom stereocenters. The second-order valence-electron chi connectivity index (χ2n) is 5.07. The van der Waals surface area contributed by atoms with E-state index in [1.54, 1.807) is 0 Å². The lowest BCUT2D eigenvalue weighted by Gasteiger charge is -2.23. The third kappa shape index (κ3) is 4.34. The zero-order valence-electron chi connectivity index (χ0n) is 12.4. The summed E-state index contributed by atoms with van der Waals surface area (Å²) in [5.74, 6) is 1.01. The van der Waals surface area contributed by atoms with Crippen LogP contribution in [-0.2, 0) is 0 Å². The van der Waals surface area contributed by atoms with Crippen LogP contribution >= 0.6 is 0 Å². The molecule has 2 heteroatoms. The highest BCUT2D eigenvalue weighted by Crippen LogP contribution is 2.26. The van der Waals surface area contributed by atoms with Gasteiger partial charge in [0.2, 0.25) is 0 Å². The number of benzene rings is 1. The van der Waals surface area contributed by atoms with Gasteiger partial charge in [0, 0.05) is 17.6 Å². The van der Waals surface area contributed by atoms with Gasteiger partial charge in [-0.1, -0.05) is 32.0 Å². The fraction of sp³-hybridized carbons (Fsp3) is 0.625. The van der Waals surface area contributed by atoms with Crippen molar-refractivity contribution in [2.45, 2.75) is 65.6 Å². The van der Waals surface area contributed by atoms with Crippen molar-refractivity contribution < 1.29 is 4.74 Å². The molecule has 0 saturated carbocycles. The molecule has 0 bridgehead atoms. The summed E-state index contributed by atoms with van der Waals surface area (Å²) in [5.41, 5.74) is 1.25. The summed E-state index contributed by atoms with van der Waals surface area (Å²) in [7, 11) is 0. The first-order valence-electron chi connectivity index (χ1n) is 7.10. The lowest BCUT2D eigenvalue weighted by Crippen LogP contribution is -2.28. The van der Waals surface area contributed by atoms with Crippen LogP contribution < -0.4 is 10.1 Å². The van der Waals surface area contributed by atoms with E-state index in [0.29, 0.717) is 12.1 Å². The molecular weight excluding hydrogens is 222 g/mol. The van der Waals surface area contributed by atoms with Crippen molar-refractivity contribution in [3.8, 4) is 5.75 Å². The van der Waals surface area contributed by atoms with E-state index in [1.807, 2.05) is 6.07 Å². The Kier molecular flexibility index (Phi) is 6.20. The van der Waals surface area contributed by atoms with E-state index in [2.05, 4.69) is 58.1 Å². The average Bonchev–Trinajstić information content (AvgIpc) is 2.38. The molecule has 0 radical (unpaired) electrons. The predicted octanol–water partition coefficient (Wildman–Crippen LogP) is 4.31. The molecule has 0 aliphatic carbocycles. The topological polar surface area (TPSA) is 21.3 Å². The number of ether oxygens (including phenoxy) is 1. The monoisotopic (exact) mass is 249 g/mol. The zero-order valence-corrected chi connectivity index (χ0v) is 12.4. The van der Waals surface area contributed by atoms with Gasteiger partial charge in [-0.3, -0.25) is 0 Å². The first kappa shape index (κ1) is 15.0. The molecule has 0 amide bonds. The molecule has 1 rings (SSSR count). The number of nitrogens with one attached hydrogen (secondary N) is 1. The van der Waals surface area contributed by atoms with Gasteiger partial charge in [0.25, 0.3) is 0 Å². The Morgan fingerprint density at radius 1 is 1.06 bits per heavy atom. The Labute approximate surface area is 112 Å². The van der Waals surface area contributed by atoms with Crippen LogP contribution in [0.3, 0.4) is 0 Å². The van der Waals surface area contributed by atoms with Crippen LogP contribution in [0.15, 0.2) is 24.3 Å². The van der Waals surface area contributed by atoms with Gasteiger partial charge in [-0.15, -0.1) is 0 Å². The maximum Gasteiger partial charge on any atom is 0.124 e. The molecule has 0 heterocycles. The van der Waals surface area contributed by atoms with E-state index >= 15 is 0 Å². The number of rotatable bonds is 7. The van der Waals surface area contributed by atoms with E-state index in [0.717, 1.165) is 18.6 Å². The van der Waals surface area contributed by atoms with Crippen LogP contribution in [-0.4, -0.2) is 12.1 Å². The third-order valence-corrected chi connectivity index (χ3v) is 3.44. The fourth-order valence-corrected chi connectivity index (χ4v) is 1.88. The lowest BCUT2D eigenvalue weighted by atomic mass is 10.1. The minimum Gasteiger partial charge on any atom is -0.490 e. The molecule has 102 valence electrons. The van der Waals surface area contributed by atoms with Crippen molar-refractivity contribution in [2.24, 2.45) is 0 Å². The van der Waals surface area contributed by atoms with Crippen molar-refractivity contribution >= 4 is 0 Å². The minimum atomic E-state index is 0.266. The predicted molar refractivity (Wildman–Crippen MR) is 78.1 cm³/mol. The third-order valence-electron chi connectivity index (χ3n) is 3.44. The van der Waals surface area contributed by atoms with Gasteiger partial charge < -0.3 is 10.1 Å². The average molecular weight is 249 g/mol. The van der Waals surface area contributed by atoms with Crippen LogP contribution in [0.4, 0.5) is 0 Å². The van der Waals surface area contributed by atoms with Gasteiger partial charge in [-0.25, -0.2) is 0 Å². The molecule has 0 aromatic heterocycles. The molecule has 0 saturated heterocycles. The minimum absolute atomic E-state index is 0.266. The first-order valence-corrected chi connectivity index (χ1v) is 7.10. The Balaban J connectivity index is 2.80. The maximum absolute atomic E-state index is 5.99. The number of hydrogen-bond donors (Lipinski definition) is 1. The second-order valence-corrected chi connectivity index (χ2v) is 5.07. The van der Waals surface area contributed by atoms with E-state index in [1.165, 1.54) is 5.56 Å². The fourth-order valence-electron chi connectivity index (χ4n) is 1.88. The van der Waals surface area contributed by atoms with Gasteiger partial charge >= 0.3 is 0 Å². The van der Waals surface area contributed by atoms with E-state index in [-0.39, 0.29) is 6.10 Å². The highest BCUT2D eigenvalue weighted by molar-refractivity contribution is 5.35. The molecule has 18 heavy (non-hydrogen) atoms. The van der Waals surface area contributed by atoms with Gasteiger partial charge in [0.15, 0.2) is 0 Å². The van der Waals surface area contributed by atoms with Crippen molar-refractivity contribution in [2.75, 3.05) is 0 Å². The highest BCUT2D eigenvalue weighted by atomic mass is 16.5. The smallest absolute Gasteiger partial charge is 0.124 e. The van der Waals surface area contributed by atoms with Crippen LogP contribution in [0.5, 0.6) is 5.75 Å². The number of hydrogen-bond acceptors (Lipinski definition) is 2. The Morgan fingerprint density at radius 2 is 1.72 bits per heavy atom. The molecular formula is C16H27NO.